The Balaban J connectivity index is 0.00000400. The van der Waals surface area contributed by atoms with Crippen molar-refractivity contribution >= 4 is 24.3 Å². The number of carbonyl (C=O) groups excluding carboxylic acids is 2. The number of hydrogen-bond acceptors (Lipinski definition) is 3. The summed E-state index contributed by atoms with van der Waals surface area (Å²) in [7, 11) is 0. The summed E-state index contributed by atoms with van der Waals surface area (Å²) in [6.45, 7) is 11.6. The summed E-state index contributed by atoms with van der Waals surface area (Å²) in [5.74, 6) is 0.132. The molecule has 0 unspecified atom stereocenters. The first-order valence-electron chi connectivity index (χ1n) is 7.50. The van der Waals surface area contributed by atoms with Crippen LogP contribution in [0.5, 0.6) is 0 Å². The van der Waals surface area contributed by atoms with Crippen molar-refractivity contribution in [1.82, 2.24) is 14.7 Å². The molecular formula is C14H29ClN4O2. The van der Waals surface area contributed by atoms with Gasteiger partial charge < -0.3 is 20.4 Å². The van der Waals surface area contributed by atoms with Crippen LogP contribution in [0.15, 0.2) is 0 Å². The van der Waals surface area contributed by atoms with Crippen molar-refractivity contribution in [3.05, 3.63) is 0 Å². The van der Waals surface area contributed by atoms with E-state index in [-0.39, 0.29) is 30.3 Å². The first-order valence-corrected chi connectivity index (χ1v) is 7.50. The second-order valence-electron chi connectivity index (χ2n) is 5.54. The normalized spacial score (nSPS) is 16.5. The average Bonchev–Trinajstić information content (AvgIpc) is 2.46. The van der Waals surface area contributed by atoms with Gasteiger partial charge in [-0.3, -0.25) is 4.79 Å². The number of amides is 3. The third kappa shape index (κ3) is 5.04. The van der Waals surface area contributed by atoms with E-state index in [2.05, 4.69) is 0 Å². The highest BCUT2D eigenvalue weighted by atomic mass is 35.5. The zero-order valence-electron chi connectivity index (χ0n) is 13.5. The molecule has 0 bridgehead atoms. The number of halogens is 1. The minimum Gasteiger partial charge on any atom is -0.338 e. The Morgan fingerprint density at radius 3 is 1.86 bits per heavy atom. The SMILES string of the molecule is CCN(CC)C(=O)N1CCN(C(=O)[C@H](N)C(C)C)CC1.Cl. The number of carbonyl (C=O) groups is 2. The summed E-state index contributed by atoms with van der Waals surface area (Å²) in [6.07, 6.45) is 0. The third-order valence-electron chi connectivity index (χ3n) is 3.90. The molecule has 1 atom stereocenters. The molecule has 7 heteroatoms. The number of urea groups is 1. The van der Waals surface area contributed by atoms with E-state index in [1.54, 1.807) is 9.80 Å². The van der Waals surface area contributed by atoms with Crippen LogP contribution in [-0.4, -0.2) is 71.9 Å². The minimum atomic E-state index is -0.444. The number of piperazine rings is 1. The van der Waals surface area contributed by atoms with Gasteiger partial charge >= 0.3 is 6.03 Å². The maximum absolute atomic E-state index is 12.2. The van der Waals surface area contributed by atoms with Crippen molar-refractivity contribution in [2.45, 2.75) is 33.7 Å². The number of nitrogens with zero attached hydrogens (tertiary/aromatic N) is 3. The molecule has 0 spiro atoms. The first kappa shape index (κ1) is 20.0. The van der Waals surface area contributed by atoms with E-state index in [4.69, 9.17) is 5.73 Å². The Bertz CT molecular complexity index is 318. The van der Waals surface area contributed by atoms with Crippen molar-refractivity contribution < 1.29 is 9.59 Å². The molecule has 0 aromatic heterocycles. The van der Waals surface area contributed by atoms with E-state index in [0.717, 1.165) is 0 Å². The van der Waals surface area contributed by atoms with Gasteiger partial charge in [0.05, 0.1) is 6.04 Å². The van der Waals surface area contributed by atoms with Crippen molar-refractivity contribution in [1.29, 1.82) is 0 Å². The maximum atomic E-state index is 12.2. The van der Waals surface area contributed by atoms with E-state index < -0.39 is 6.04 Å². The topological polar surface area (TPSA) is 69.9 Å². The second-order valence-corrected chi connectivity index (χ2v) is 5.54. The Morgan fingerprint density at radius 1 is 1.05 bits per heavy atom. The lowest BCUT2D eigenvalue weighted by molar-refractivity contribution is -0.135. The van der Waals surface area contributed by atoms with Gasteiger partial charge in [0.1, 0.15) is 0 Å². The molecule has 1 aliphatic rings. The van der Waals surface area contributed by atoms with Crippen LogP contribution in [0.4, 0.5) is 4.79 Å². The fourth-order valence-electron chi connectivity index (χ4n) is 2.31. The predicted molar refractivity (Wildman–Crippen MR) is 86.5 cm³/mol. The highest BCUT2D eigenvalue weighted by molar-refractivity contribution is 5.85. The molecule has 0 aromatic rings. The lowest BCUT2D eigenvalue weighted by atomic mass is 10.0. The highest BCUT2D eigenvalue weighted by Crippen LogP contribution is 2.09. The standard InChI is InChI=1S/C14H28N4O2.ClH/c1-5-16(6-2)14(20)18-9-7-17(8-10-18)13(19)12(15)11(3)4;/h11-12H,5-10,15H2,1-4H3;1H/t12-;/m1./s1. The van der Waals surface area contributed by atoms with Crippen LogP contribution in [0, 0.1) is 5.92 Å². The summed E-state index contributed by atoms with van der Waals surface area (Å²) >= 11 is 0. The predicted octanol–water partition coefficient (Wildman–Crippen LogP) is 0.998. The summed E-state index contributed by atoms with van der Waals surface area (Å²) in [5.41, 5.74) is 5.90. The van der Waals surface area contributed by atoms with Gasteiger partial charge in [-0.1, -0.05) is 13.8 Å². The maximum Gasteiger partial charge on any atom is 0.320 e. The summed E-state index contributed by atoms with van der Waals surface area (Å²) in [4.78, 5) is 29.7. The number of hydrogen-bond donors (Lipinski definition) is 1. The van der Waals surface area contributed by atoms with Crippen LogP contribution in [0.25, 0.3) is 0 Å². The highest BCUT2D eigenvalue weighted by Gasteiger charge is 2.29. The second kappa shape index (κ2) is 9.10. The van der Waals surface area contributed by atoms with Crippen LogP contribution >= 0.6 is 12.4 Å². The van der Waals surface area contributed by atoms with Gasteiger partial charge in [-0.2, -0.15) is 0 Å². The molecule has 1 rings (SSSR count). The Hall–Kier alpha value is -1.01. The first-order chi connectivity index (χ1) is 9.42. The van der Waals surface area contributed by atoms with Crippen LogP contribution < -0.4 is 5.73 Å². The number of nitrogens with two attached hydrogens (primary N) is 1. The quantitative estimate of drug-likeness (QED) is 0.840. The molecular weight excluding hydrogens is 292 g/mol. The van der Waals surface area contributed by atoms with Crippen LogP contribution in [-0.2, 0) is 4.79 Å². The average molecular weight is 321 g/mol. The molecule has 0 saturated carbocycles. The molecule has 1 aliphatic heterocycles. The molecule has 21 heavy (non-hydrogen) atoms. The zero-order chi connectivity index (χ0) is 15.3. The van der Waals surface area contributed by atoms with Gasteiger partial charge in [-0.25, -0.2) is 4.79 Å². The van der Waals surface area contributed by atoms with Crippen molar-refractivity contribution in [3.63, 3.8) is 0 Å². The summed E-state index contributed by atoms with van der Waals surface area (Å²) < 4.78 is 0. The fourth-order valence-corrected chi connectivity index (χ4v) is 2.31. The molecule has 124 valence electrons. The zero-order valence-corrected chi connectivity index (χ0v) is 14.4. The van der Waals surface area contributed by atoms with Crippen LogP contribution in [0.1, 0.15) is 27.7 Å². The smallest absolute Gasteiger partial charge is 0.320 e. The van der Waals surface area contributed by atoms with Gasteiger partial charge in [0.2, 0.25) is 5.91 Å². The summed E-state index contributed by atoms with van der Waals surface area (Å²) in [5, 5.41) is 0. The molecule has 2 N–H and O–H groups in total. The third-order valence-corrected chi connectivity index (χ3v) is 3.90. The molecule has 1 saturated heterocycles. The fraction of sp³-hybridized carbons (Fsp3) is 0.857. The monoisotopic (exact) mass is 320 g/mol. The van der Waals surface area contributed by atoms with Crippen LogP contribution in [0.2, 0.25) is 0 Å². The molecule has 0 aromatic carbocycles. The molecule has 1 heterocycles. The van der Waals surface area contributed by atoms with E-state index in [9.17, 15) is 9.59 Å². The van der Waals surface area contributed by atoms with Gasteiger partial charge in [-0.15, -0.1) is 12.4 Å². The van der Waals surface area contributed by atoms with E-state index in [0.29, 0.717) is 39.3 Å². The van der Waals surface area contributed by atoms with Gasteiger partial charge in [-0.05, 0) is 19.8 Å². The van der Waals surface area contributed by atoms with Gasteiger partial charge in [0.25, 0.3) is 0 Å². The molecule has 6 nitrogen and oxygen atoms in total. The van der Waals surface area contributed by atoms with E-state index >= 15 is 0 Å². The van der Waals surface area contributed by atoms with Crippen molar-refractivity contribution in [2.75, 3.05) is 39.3 Å². The van der Waals surface area contributed by atoms with Crippen LogP contribution in [0.3, 0.4) is 0 Å². The molecule has 3 amide bonds. The molecule has 0 radical (unpaired) electrons. The lowest BCUT2D eigenvalue weighted by Gasteiger charge is -2.38. The van der Waals surface area contributed by atoms with Gasteiger partial charge in [0.15, 0.2) is 0 Å². The lowest BCUT2D eigenvalue weighted by Crippen LogP contribution is -2.57. The number of rotatable bonds is 4. The molecule has 0 aliphatic carbocycles. The largest absolute Gasteiger partial charge is 0.338 e. The Morgan fingerprint density at radius 2 is 1.48 bits per heavy atom. The molecule has 1 fully saturated rings. The van der Waals surface area contributed by atoms with E-state index in [1.807, 2.05) is 32.6 Å². The van der Waals surface area contributed by atoms with Crippen molar-refractivity contribution in [3.8, 4) is 0 Å². The Labute approximate surface area is 134 Å². The minimum absolute atomic E-state index is 0. The van der Waals surface area contributed by atoms with E-state index in [1.165, 1.54) is 0 Å². The Kier molecular flexibility index (Phi) is 8.66. The van der Waals surface area contributed by atoms with Gasteiger partial charge in [0, 0.05) is 39.3 Å². The summed E-state index contributed by atoms with van der Waals surface area (Å²) in [6, 6.07) is -0.379. The van der Waals surface area contributed by atoms with Crippen molar-refractivity contribution in [2.24, 2.45) is 11.7 Å².